The van der Waals surface area contributed by atoms with Crippen LogP contribution in [0, 0.1) is 0 Å². The van der Waals surface area contributed by atoms with Crippen molar-refractivity contribution in [2.75, 3.05) is 0 Å². The van der Waals surface area contributed by atoms with E-state index in [2.05, 4.69) is 36.0 Å². The lowest BCUT2D eigenvalue weighted by Gasteiger charge is -2.12. The topological polar surface area (TPSA) is 29.1 Å². The van der Waals surface area contributed by atoms with Gasteiger partial charge in [-0.1, -0.05) is 13.3 Å². The van der Waals surface area contributed by atoms with E-state index >= 15 is 0 Å². The minimum absolute atomic E-state index is 0.180. The van der Waals surface area contributed by atoms with Gasteiger partial charge in [-0.15, -0.1) is 0 Å². The second kappa shape index (κ2) is 6.62. The average Bonchev–Trinajstić information content (AvgIpc) is 2.67. The van der Waals surface area contributed by atoms with Crippen molar-refractivity contribution >= 4 is 17.2 Å². The minimum Gasteiger partial charge on any atom is -0.353 e. The van der Waals surface area contributed by atoms with E-state index in [1.54, 1.807) is 11.3 Å². The van der Waals surface area contributed by atoms with Crippen LogP contribution in [-0.2, 0) is 11.2 Å². The Morgan fingerprint density at radius 3 is 3.00 bits per heavy atom. The van der Waals surface area contributed by atoms with Gasteiger partial charge in [-0.3, -0.25) is 4.79 Å². The smallest absolute Gasteiger partial charge is 0.220 e. The molecule has 3 heteroatoms. The molecule has 0 aliphatic carbocycles. The van der Waals surface area contributed by atoms with Gasteiger partial charge in [0.1, 0.15) is 0 Å². The van der Waals surface area contributed by atoms with E-state index in [-0.39, 0.29) is 11.9 Å². The molecule has 0 fully saturated rings. The summed E-state index contributed by atoms with van der Waals surface area (Å²) in [5, 5.41) is 7.22. The highest BCUT2D eigenvalue weighted by Gasteiger charge is 2.07. The zero-order chi connectivity index (χ0) is 11.1. The molecule has 0 aliphatic rings. The number of nitrogens with one attached hydrogen (secondary N) is 1. The van der Waals surface area contributed by atoms with Gasteiger partial charge >= 0.3 is 0 Å². The summed E-state index contributed by atoms with van der Waals surface area (Å²) in [5.41, 5.74) is 1.31. The monoisotopic (exact) mass is 225 g/mol. The van der Waals surface area contributed by atoms with Crippen LogP contribution in [0.1, 0.15) is 38.7 Å². The van der Waals surface area contributed by atoms with Gasteiger partial charge in [0.2, 0.25) is 5.91 Å². The molecule has 1 N–H and O–H groups in total. The third kappa shape index (κ3) is 4.98. The number of carbonyl (C=O) groups is 1. The molecule has 0 aliphatic heterocycles. The summed E-state index contributed by atoms with van der Waals surface area (Å²) in [6.07, 6.45) is 3.65. The van der Waals surface area contributed by atoms with Gasteiger partial charge in [-0.25, -0.2) is 0 Å². The highest BCUT2D eigenvalue weighted by atomic mass is 32.1. The van der Waals surface area contributed by atoms with Gasteiger partial charge in [0.25, 0.3) is 0 Å². The zero-order valence-electron chi connectivity index (χ0n) is 9.45. The molecule has 1 amide bonds. The summed E-state index contributed by atoms with van der Waals surface area (Å²) >= 11 is 1.70. The molecule has 1 rings (SSSR count). The van der Waals surface area contributed by atoms with E-state index in [0.717, 1.165) is 19.3 Å². The highest BCUT2D eigenvalue weighted by Crippen LogP contribution is 2.08. The van der Waals surface area contributed by atoms with Gasteiger partial charge in [0, 0.05) is 12.5 Å². The minimum atomic E-state index is 0.180. The number of unbranched alkanes of at least 4 members (excludes halogenated alkanes) is 1. The third-order valence-corrected chi connectivity index (χ3v) is 3.02. The van der Waals surface area contributed by atoms with E-state index in [9.17, 15) is 4.79 Å². The fraction of sp³-hybridized carbons (Fsp3) is 0.583. The molecule has 1 heterocycles. The Morgan fingerprint density at radius 1 is 1.60 bits per heavy atom. The summed E-state index contributed by atoms with van der Waals surface area (Å²) in [4.78, 5) is 11.4. The van der Waals surface area contributed by atoms with Crippen molar-refractivity contribution in [3.8, 4) is 0 Å². The fourth-order valence-electron chi connectivity index (χ4n) is 1.50. The predicted molar refractivity (Wildman–Crippen MR) is 65.2 cm³/mol. The molecule has 0 spiro atoms. The molecule has 0 saturated carbocycles. The van der Waals surface area contributed by atoms with Crippen molar-refractivity contribution in [3.05, 3.63) is 22.4 Å². The maximum Gasteiger partial charge on any atom is 0.220 e. The Labute approximate surface area is 95.7 Å². The summed E-state index contributed by atoms with van der Waals surface area (Å²) < 4.78 is 0. The fourth-order valence-corrected chi connectivity index (χ4v) is 2.18. The van der Waals surface area contributed by atoms with E-state index in [1.807, 2.05) is 0 Å². The van der Waals surface area contributed by atoms with E-state index in [4.69, 9.17) is 0 Å². The number of hydrogen-bond donors (Lipinski definition) is 1. The number of hydrogen-bond acceptors (Lipinski definition) is 2. The van der Waals surface area contributed by atoms with Gasteiger partial charge in [0.05, 0.1) is 0 Å². The predicted octanol–water partition coefficient (Wildman–Crippen LogP) is 2.99. The van der Waals surface area contributed by atoms with Gasteiger partial charge in [0.15, 0.2) is 0 Å². The maximum atomic E-state index is 11.4. The molecule has 0 bridgehead atoms. The molecular formula is C12H19NOS. The normalized spacial score (nSPS) is 12.4. The summed E-state index contributed by atoms with van der Waals surface area (Å²) in [5.74, 6) is 0.180. The van der Waals surface area contributed by atoms with Gasteiger partial charge in [-0.05, 0) is 42.2 Å². The molecule has 0 saturated heterocycles. The molecule has 15 heavy (non-hydrogen) atoms. The van der Waals surface area contributed by atoms with Crippen molar-refractivity contribution in [2.24, 2.45) is 0 Å². The summed E-state index contributed by atoms with van der Waals surface area (Å²) in [7, 11) is 0. The van der Waals surface area contributed by atoms with Crippen LogP contribution in [0.4, 0.5) is 0 Å². The Hall–Kier alpha value is -0.830. The zero-order valence-corrected chi connectivity index (χ0v) is 10.3. The first-order valence-corrected chi connectivity index (χ1v) is 6.47. The Bertz CT molecular complexity index is 282. The van der Waals surface area contributed by atoms with Crippen LogP contribution in [0.15, 0.2) is 16.8 Å². The second-order valence-electron chi connectivity index (χ2n) is 3.91. The molecule has 1 atom stereocenters. The van der Waals surface area contributed by atoms with Crippen molar-refractivity contribution in [3.63, 3.8) is 0 Å². The van der Waals surface area contributed by atoms with Crippen LogP contribution < -0.4 is 5.32 Å². The van der Waals surface area contributed by atoms with Crippen molar-refractivity contribution in [1.82, 2.24) is 5.32 Å². The van der Waals surface area contributed by atoms with Crippen LogP contribution in [0.5, 0.6) is 0 Å². The standard InChI is InChI=1S/C12H19NOS/c1-3-4-5-12(14)13-10(2)8-11-6-7-15-9-11/h6-7,9-10H,3-5,8H2,1-2H3,(H,13,14)/t10-/m0/s1. The van der Waals surface area contributed by atoms with E-state index in [1.165, 1.54) is 5.56 Å². The molecule has 0 aromatic carbocycles. The van der Waals surface area contributed by atoms with Crippen LogP contribution >= 0.6 is 11.3 Å². The van der Waals surface area contributed by atoms with Crippen molar-refractivity contribution in [2.45, 2.75) is 45.6 Å². The largest absolute Gasteiger partial charge is 0.353 e. The van der Waals surface area contributed by atoms with Gasteiger partial charge in [-0.2, -0.15) is 11.3 Å². The van der Waals surface area contributed by atoms with Crippen LogP contribution in [0.25, 0.3) is 0 Å². The number of carbonyl (C=O) groups excluding carboxylic acids is 1. The Balaban J connectivity index is 2.23. The molecular weight excluding hydrogens is 206 g/mol. The quantitative estimate of drug-likeness (QED) is 0.792. The van der Waals surface area contributed by atoms with Crippen LogP contribution in [0.2, 0.25) is 0 Å². The summed E-state index contributed by atoms with van der Waals surface area (Å²) in [6, 6.07) is 2.35. The first kappa shape index (κ1) is 12.2. The van der Waals surface area contributed by atoms with E-state index < -0.39 is 0 Å². The lowest BCUT2D eigenvalue weighted by molar-refractivity contribution is -0.121. The maximum absolute atomic E-state index is 11.4. The third-order valence-electron chi connectivity index (χ3n) is 2.29. The SMILES string of the molecule is CCCCC(=O)N[C@@H](C)Cc1ccsc1. The second-order valence-corrected chi connectivity index (χ2v) is 4.69. The first-order valence-electron chi connectivity index (χ1n) is 5.52. The Morgan fingerprint density at radius 2 is 2.40 bits per heavy atom. The molecule has 2 nitrogen and oxygen atoms in total. The summed E-state index contributed by atoms with van der Waals surface area (Å²) in [6.45, 7) is 4.16. The first-order chi connectivity index (χ1) is 7.22. The molecule has 0 radical (unpaired) electrons. The van der Waals surface area contributed by atoms with Crippen LogP contribution in [0.3, 0.4) is 0 Å². The lowest BCUT2D eigenvalue weighted by Crippen LogP contribution is -2.33. The Kier molecular flexibility index (Phi) is 5.40. The highest BCUT2D eigenvalue weighted by molar-refractivity contribution is 7.07. The lowest BCUT2D eigenvalue weighted by atomic mass is 10.1. The van der Waals surface area contributed by atoms with Crippen molar-refractivity contribution < 1.29 is 4.79 Å². The molecule has 1 aromatic rings. The number of thiophene rings is 1. The molecule has 1 aromatic heterocycles. The number of rotatable bonds is 6. The van der Waals surface area contributed by atoms with Crippen molar-refractivity contribution in [1.29, 1.82) is 0 Å². The molecule has 84 valence electrons. The number of amides is 1. The van der Waals surface area contributed by atoms with Crippen LogP contribution in [-0.4, -0.2) is 11.9 Å². The van der Waals surface area contributed by atoms with Gasteiger partial charge < -0.3 is 5.32 Å². The molecule has 0 unspecified atom stereocenters. The average molecular weight is 225 g/mol. The van der Waals surface area contributed by atoms with E-state index in [0.29, 0.717) is 6.42 Å².